The fourth-order valence-electron chi connectivity index (χ4n) is 2.74. The maximum absolute atomic E-state index is 12.0. The number of fused-ring (bicyclic) bond motifs is 1. The lowest BCUT2D eigenvalue weighted by molar-refractivity contribution is -0.123. The van der Waals surface area contributed by atoms with Crippen molar-refractivity contribution in [2.75, 3.05) is 6.61 Å². The van der Waals surface area contributed by atoms with Crippen molar-refractivity contribution in [2.24, 2.45) is 0 Å². The molecule has 0 saturated carbocycles. The monoisotopic (exact) mass is 304 g/mol. The number of H-pyrrole nitrogens is 1. The SMILES string of the molecule is Cc1cc2nc([C@H](C)NC(=O)C[C@@H]3CCCO3)cc(=O)n2[nH]1. The van der Waals surface area contributed by atoms with Crippen molar-refractivity contribution in [1.29, 1.82) is 0 Å². The zero-order chi connectivity index (χ0) is 15.7. The molecule has 7 heteroatoms. The van der Waals surface area contributed by atoms with Crippen LogP contribution in [-0.4, -0.2) is 33.2 Å². The van der Waals surface area contributed by atoms with Gasteiger partial charge in [0.05, 0.1) is 24.3 Å². The number of nitrogens with one attached hydrogen (secondary N) is 2. The third-order valence-corrected chi connectivity index (χ3v) is 3.86. The van der Waals surface area contributed by atoms with Gasteiger partial charge in [0.15, 0.2) is 5.65 Å². The van der Waals surface area contributed by atoms with Gasteiger partial charge in [0.1, 0.15) is 0 Å². The Morgan fingerprint density at radius 3 is 3.14 bits per heavy atom. The Morgan fingerprint density at radius 1 is 1.59 bits per heavy atom. The van der Waals surface area contributed by atoms with E-state index in [1.54, 1.807) is 6.07 Å². The van der Waals surface area contributed by atoms with Gasteiger partial charge >= 0.3 is 0 Å². The molecule has 1 aliphatic heterocycles. The maximum Gasteiger partial charge on any atom is 0.272 e. The van der Waals surface area contributed by atoms with E-state index < -0.39 is 0 Å². The largest absolute Gasteiger partial charge is 0.378 e. The number of hydrogen-bond acceptors (Lipinski definition) is 4. The summed E-state index contributed by atoms with van der Waals surface area (Å²) in [6.07, 6.45) is 2.31. The fourth-order valence-corrected chi connectivity index (χ4v) is 2.74. The summed E-state index contributed by atoms with van der Waals surface area (Å²) < 4.78 is 6.85. The molecule has 0 bridgehead atoms. The lowest BCUT2D eigenvalue weighted by atomic mass is 10.1. The third kappa shape index (κ3) is 3.04. The zero-order valence-corrected chi connectivity index (χ0v) is 12.8. The van der Waals surface area contributed by atoms with E-state index in [-0.39, 0.29) is 23.6 Å². The Morgan fingerprint density at radius 2 is 2.41 bits per heavy atom. The van der Waals surface area contributed by atoms with E-state index in [0.29, 0.717) is 17.8 Å². The molecule has 1 aliphatic rings. The standard InChI is InChI=1S/C15H20N4O3/c1-9-6-13-17-12(8-15(21)19(13)18-9)10(2)16-14(20)7-11-4-3-5-22-11/h6,8,10-11,18H,3-5,7H2,1-2H3,(H,16,20)/t10-,11-/m0/s1. The summed E-state index contributed by atoms with van der Waals surface area (Å²) in [4.78, 5) is 28.5. The van der Waals surface area contributed by atoms with Crippen LogP contribution in [-0.2, 0) is 9.53 Å². The lowest BCUT2D eigenvalue weighted by Gasteiger charge is -2.15. The van der Waals surface area contributed by atoms with Crippen molar-refractivity contribution in [1.82, 2.24) is 19.9 Å². The number of aryl methyl sites for hydroxylation is 1. The molecule has 0 aromatic carbocycles. The quantitative estimate of drug-likeness (QED) is 0.884. The fraction of sp³-hybridized carbons (Fsp3) is 0.533. The molecule has 2 aromatic rings. The molecule has 0 unspecified atom stereocenters. The molecule has 0 aliphatic carbocycles. The highest BCUT2D eigenvalue weighted by molar-refractivity contribution is 5.76. The Labute approximate surface area is 127 Å². The van der Waals surface area contributed by atoms with E-state index in [2.05, 4.69) is 15.4 Å². The number of aromatic amines is 1. The van der Waals surface area contributed by atoms with Crippen LogP contribution in [0.1, 0.15) is 43.6 Å². The molecular formula is C15H20N4O3. The van der Waals surface area contributed by atoms with Crippen molar-refractivity contribution in [3.05, 3.63) is 33.9 Å². The van der Waals surface area contributed by atoms with Crippen molar-refractivity contribution in [3.8, 4) is 0 Å². The van der Waals surface area contributed by atoms with Crippen LogP contribution in [0, 0.1) is 6.92 Å². The van der Waals surface area contributed by atoms with Gasteiger partial charge in [0, 0.05) is 24.4 Å². The lowest BCUT2D eigenvalue weighted by Crippen LogP contribution is -2.31. The van der Waals surface area contributed by atoms with E-state index in [1.165, 1.54) is 10.6 Å². The molecule has 118 valence electrons. The van der Waals surface area contributed by atoms with Crippen LogP contribution in [0.4, 0.5) is 0 Å². The molecule has 0 spiro atoms. The summed E-state index contributed by atoms with van der Waals surface area (Å²) in [6, 6.07) is 2.92. The molecule has 3 heterocycles. The molecule has 3 rings (SSSR count). The zero-order valence-electron chi connectivity index (χ0n) is 12.8. The smallest absolute Gasteiger partial charge is 0.272 e. The average Bonchev–Trinajstić information content (AvgIpc) is 3.07. The minimum Gasteiger partial charge on any atom is -0.378 e. The van der Waals surface area contributed by atoms with E-state index in [4.69, 9.17) is 4.74 Å². The second-order valence-corrected chi connectivity index (χ2v) is 5.78. The topological polar surface area (TPSA) is 88.5 Å². The van der Waals surface area contributed by atoms with Crippen LogP contribution >= 0.6 is 0 Å². The summed E-state index contributed by atoms with van der Waals surface area (Å²) in [5.41, 5.74) is 1.79. The first-order valence-corrected chi connectivity index (χ1v) is 7.53. The summed E-state index contributed by atoms with van der Waals surface area (Å²) in [7, 11) is 0. The van der Waals surface area contributed by atoms with Crippen LogP contribution < -0.4 is 10.9 Å². The minimum absolute atomic E-state index is 0.0144. The van der Waals surface area contributed by atoms with E-state index in [9.17, 15) is 9.59 Å². The summed E-state index contributed by atoms with van der Waals surface area (Å²) in [5.74, 6) is -0.0772. The van der Waals surface area contributed by atoms with Gasteiger partial charge in [0.2, 0.25) is 5.91 Å². The van der Waals surface area contributed by atoms with Gasteiger partial charge in [-0.05, 0) is 26.7 Å². The number of ether oxygens (including phenoxy) is 1. The first kappa shape index (κ1) is 14.8. The van der Waals surface area contributed by atoms with Crippen LogP contribution in [0.3, 0.4) is 0 Å². The number of carbonyl (C=O) groups is 1. The van der Waals surface area contributed by atoms with Crippen LogP contribution in [0.5, 0.6) is 0 Å². The van der Waals surface area contributed by atoms with Gasteiger partial charge in [-0.25, -0.2) is 9.50 Å². The van der Waals surface area contributed by atoms with Gasteiger partial charge in [0.25, 0.3) is 5.56 Å². The maximum atomic E-state index is 12.0. The van der Waals surface area contributed by atoms with E-state index >= 15 is 0 Å². The number of nitrogens with zero attached hydrogens (tertiary/aromatic N) is 2. The molecule has 2 N–H and O–H groups in total. The van der Waals surface area contributed by atoms with Crippen LogP contribution in [0.15, 0.2) is 16.9 Å². The second kappa shape index (κ2) is 5.92. The van der Waals surface area contributed by atoms with E-state index in [1.807, 2.05) is 13.8 Å². The van der Waals surface area contributed by atoms with Crippen molar-refractivity contribution in [3.63, 3.8) is 0 Å². The summed E-state index contributed by atoms with van der Waals surface area (Å²) >= 11 is 0. The Balaban J connectivity index is 1.72. The second-order valence-electron chi connectivity index (χ2n) is 5.78. The van der Waals surface area contributed by atoms with Crippen molar-refractivity contribution >= 4 is 11.6 Å². The summed E-state index contributed by atoms with van der Waals surface area (Å²) in [6.45, 7) is 4.42. The number of carbonyl (C=O) groups excluding carboxylic acids is 1. The van der Waals surface area contributed by atoms with Gasteiger partial charge in [-0.15, -0.1) is 0 Å². The van der Waals surface area contributed by atoms with Gasteiger partial charge in [-0.2, -0.15) is 0 Å². The Kier molecular flexibility index (Phi) is 3.98. The number of aromatic nitrogens is 3. The molecule has 1 saturated heterocycles. The Hall–Kier alpha value is -2.15. The van der Waals surface area contributed by atoms with Gasteiger partial charge in [-0.1, -0.05) is 0 Å². The average molecular weight is 304 g/mol. The van der Waals surface area contributed by atoms with Crippen molar-refractivity contribution in [2.45, 2.75) is 45.3 Å². The normalized spacial score (nSPS) is 19.5. The molecule has 1 amide bonds. The molecule has 1 fully saturated rings. The summed E-state index contributed by atoms with van der Waals surface area (Å²) in [5, 5.41) is 5.80. The highest BCUT2D eigenvalue weighted by atomic mass is 16.5. The van der Waals surface area contributed by atoms with Crippen molar-refractivity contribution < 1.29 is 9.53 Å². The molecule has 2 aromatic heterocycles. The molecular weight excluding hydrogens is 284 g/mol. The minimum atomic E-state index is -0.318. The Bertz CT molecular complexity index is 743. The molecule has 22 heavy (non-hydrogen) atoms. The predicted molar refractivity (Wildman–Crippen MR) is 80.7 cm³/mol. The number of hydrogen-bond donors (Lipinski definition) is 2. The van der Waals surface area contributed by atoms with Crippen LogP contribution in [0.2, 0.25) is 0 Å². The first-order valence-electron chi connectivity index (χ1n) is 7.53. The highest BCUT2D eigenvalue weighted by Crippen LogP contribution is 2.16. The molecule has 0 radical (unpaired) electrons. The number of amides is 1. The first-order chi connectivity index (χ1) is 10.5. The highest BCUT2D eigenvalue weighted by Gasteiger charge is 2.21. The number of rotatable bonds is 4. The van der Waals surface area contributed by atoms with Gasteiger partial charge in [-0.3, -0.25) is 14.7 Å². The molecule has 7 nitrogen and oxygen atoms in total. The predicted octanol–water partition coefficient (Wildman–Crippen LogP) is 1.08. The van der Waals surface area contributed by atoms with Crippen LogP contribution in [0.25, 0.3) is 5.65 Å². The third-order valence-electron chi connectivity index (χ3n) is 3.86. The molecule has 2 atom stereocenters. The van der Waals surface area contributed by atoms with Gasteiger partial charge < -0.3 is 10.1 Å². The van der Waals surface area contributed by atoms with E-state index in [0.717, 1.165) is 25.1 Å².